The molecule has 1 heterocycles. The first-order chi connectivity index (χ1) is 16.5. The average Bonchev–Trinajstić information content (AvgIpc) is 3.27. The summed E-state index contributed by atoms with van der Waals surface area (Å²) in [7, 11) is 0. The first-order valence-corrected chi connectivity index (χ1v) is 11.7. The molecule has 1 spiro atoms. The molecular weight excluding hydrogens is 424 g/mol. The van der Waals surface area contributed by atoms with E-state index in [4.69, 9.17) is 0 Å². The van der Waals surface area contributed by atoms with Crippen LogP contribution in [-0.2, 0) is 10.2 Å². The Morgan fingerprint density at radius 1 is 0.882 bits per heavy atom. The number of amides is 1. The molecule has 1 unspecified atom stereocenters. The summed E-state index contributed by atoms with van der Waals surface area (Å²) >= 11 is 0. The SMILES string of the molecule is CCN(CC)C(=O)C1=C(C)NC2=C(C(=O)c3ccccc32)C12C(=O)c1cccc3cccc2c13. The van der Waals surface area contributed by atoms with Crippen LogP contribution in [0.15, 0.2) is 77.5 Å². The molecule has 168 valence electrons. The molecule has 3 aliphatic rings. The van der Waals surface area contributed by atoms with Gasteiger partial charge >= 0.3 is 0 Å². The molecule has 1 aliphatic heterocycles. The number of nitrogens with one attached hydrogen (secondary N) is 1. The van der Waals surface area contributed by atoms with Crippen molar-refractivity contribution in [3.8, 4) is 0 Å². The number of allylic oxidation sites excluding steroid dienone is 2. The average molecular weight is 449 g/mol. The van der Waals surface area contributed by atoms with Gasteiger partial charge in [0.1, 0.15) is 5.41 Å². The van der Waals surface area contributed by atoms with E-state index in [0.29, 0.717) is 46.8 Å². The van der Waals surface area contributed by atoms with Gasteiger partial charge in [0.05, 0.1) is 11.3 Å². The summed E-state index contributed by atoms with van der Waals surface area (Å²) in [6, 6.07) is 18.8. The second-order valence-electron chi connectivity index (χ2n) is 9.02. The summed E-state index contributed by atoms with van der Waals surface area (Å²) in [4.78, 5) is 44.3. The summed E-state index contributed by atoms with van der Waals surface area (Å²) in [5, 5.41) is 5.12. The maximum atomic E-state index is 14.5. The van der Waals surface area contributed by atoms with E-state index in [1.54, 1.807) is 11.0 Å². The summed E-state index contributed by atoms with van der Waals surface area (Å²) < 4.78 is 0. The highest BCUT2D eigenvalue weighted by molar-refractivity contribution is 6.35. The molecular formula is C29H24N2O3. The number of benzene rings is 3. The molecule has 3 aromatic rings. The van der Waals surface area contributed by atoms with Crippen LogP contribution in [-0.4, -0.2) is 35.5 Å². The first kappa shape index (κ1) is 20.6. The highest BCUT2D eigenvalue weighted by atomic mass is 16.2. The third-order valence-corrected chi connectivity index (χ3v) is 7.51. The molecule has 0 aromatic heterocycles. The summed E-state index contributed by atoms with van der Waals surface area (Å²) in [6.07, 6.45) is 0. The predicted octanol–water partition coefficient (Wildman–Crippen LogP) is 4.63. The Hall–Kier alpha value is -3.99. The minimum atomic E-state index is -1.48. The molecule has 0 radical (unpaired) electrons. The highest BCUT2D eigenvalue weighted by Crippen LogP contribution is 2.57. The Balaban J connectivity index is 1.75. The van der Waals surface area contributed by atoms with Gasteiger partial charge in [-0.05, 0) is 37.1 Å². The van der Waals surface area contributed by atoms with Crippen molar-refractivity contribution in [2.24, 2.45) is 0 Å². The maximum absolute atomic E-state index is 14.5. The van der Waals surface area contributed by atoms with Gasteiger partial charge in [-0.15, -0.1) is 0 Å². The number of Topliss-reactive ketones (excluding diaryl/α,β-unsaturated/α-hetero) is 2. The molecule has 0 saturated carbocycles. The number of nitrogens with zero attached hydrogens (tertiary/aromatic N) is 1. The fraction of sp³-hybridized carbons (Fsp3) is 0.207. The van der Waals surface area contributed by atoms with Crippen molar-refractivity contribution in [1.82, 2.24) is 10.2 Å². The lowest BCUT2D eigenvalue weighted by Gasteiger charge is -2.39. The van der Waals surface area contributed by atoms with Crippen LogP contribution in [0.25, 0.3) is 16.5 Å². The molecule has 1 amide bonds. The van der Waals surface area contributed by atoms with Crippen LogP contribution in [0, 0.1) is 0 Å². The topological polar surface area (TPSA) is 66.5 Å². The number of rotatable bonds is 3. The van der Waals surface area contributed by atoms with Crippen LogP contribution in [0.3, 0.4) is 0 Å². The van der Waals surface area contributed by atoms with Gasteiger partial charge in [0, 0.05) is 41.1 Å². The molecule has 6 rings (SSSR count). The molecule has 1 N–H and O–H groups in total. The van der Waals surface area contributed by atoms with Gasteiger partial charge in [-0.3, -0.25) is 14.4 Å². The standard InChI is InChI=1S/C29H24N2O3/c1-4-31(5-2)28(34)23-16(3)30-25-18-12-6-7-13-19(18)26(32)24(25)29(23)21-15-9-11-17-10-8-14-20(22(17)21)27(29)33/h6-15,30H,4-5H2,1-3H3. The van der Waals surface area contributed by atoms with Gasteiger partial charge in [0.2, 0.25) is 0 Å². The van der Waals surface area contributed by atoms with Crippen molar-refractivity contribution in [2.45, 2.75) is 26.2 Å². The molecule has 0 fully saturated rings. The molecule has 2 aliphatic carbocycles. The second-order valence-corrected chi connectivity index (χ2v) is 9.02. The van der Waals surface area contributed by atoms with Crippen molar-refractivity contribution in [1.29, 1.82) is 0 Å². The van der Waals surface area contributed by atoms with E-state index >= 15 is 0 Å². The lowest BCUT2D eigenvalue weighted by molar-refractivity contribution is -0.127. The van der Waals surface area contributed by atoms with E-state index in [9.17, 15) is 14.4 Å². The van der Waals surface area contributed by atoms with Crippen molar-refractivity contribution in [3.05, 3.63) is 99.8 Å². The number of fused-ring (bicyclic) bond motifs is 4. The van der Waals surface area contributed by atoms with E-state index in [-0.39, 0.29) is 17.5 Å². The van der Waals surface area contributed by atoms with Gasteiger partial charge in [0.15, 0.2) is 11.6 Å². The Kier molecular flexibility index (Phi) is 4.24. The number of carbonyl (C=O) groups is 3. The maximum Gasteiger partial charge on any atom is 0.253 e. The van der Waals surface area contributed by atoms with E-state index in [2.05, 4.69) is 5.32 Å². The molecule has 0 bridgehead atoms. The number of dihydropyridines is 1. The fourth-order valence-electron chi connectivity index (χ4n) is 6.08. The highest BCUT2D eigenvalue weighted by Gasteiger charge is 2.61. The van der Waals surface area contributed by atoms with Gasteiger partial charge in [-0.2, -0.15) is 0 Å². The largest absolute Gasteiger partial charge is 0.358 e. The number of likely N-dealkylation sites (N-methyl/N-ethyl adjacent to an activating group) is 1. The van der Waals surface area contributed by atoms with E-state index in [1.807, 2.05) is 75.4 Å². The van der Waals surface area contributed by atoms with E-state index in [0.717, 1.165) is 21.9 Å². The minimum absolute atomic E-state index is 0.200. The van der Waals surface area contributed by atoms with Crippen LogP contribution in [0.1, 0.15) is 52.6 Å². The summed E-state index contributed by atoms with van der Waals surface area (Å²) in [5.74, 6) is -0.624. The fourth-order valence-corrected chi connectivity index (χ4v) is 6.08. The first-order valence-electron chi connectivity index (χ1n) is 11.7. The Morgan fingerprint density at radius 2 is 1.53 bits per heavy atom. The molecule has 3 aromatic carbocycles. The monoisotopic (exact) mass is 448 g/mol. The molecule has 1 atom stereocenters. The minimum Gasteiger partial charge on any atom is -0.358 e. The normalized spacial score (nSPS) is 20.2. The molecule has 0 saturated heterocycles. The summed E-state index contributed by atoms with van der Waals surface area (Å²) in [6.45, 7) is 6.70. The zero-order chi connectivity index (χ0) is 23.8. The third-order valence-electron chi connectivity index (χ3n) is 7.51. The molecule has 34 heavy (non-hydrogen) atoms. The number of carbonyl (C=O) groups excluding carboxylic acids is 3. The van der Waals surface area contributed by atoms with Gasteiger partial charge in [-0.1, -0.05) is 60.7 Å². The number of ketones is 2. The smallest absolute Gasteiger partial charge is 0.253 e. The summed E-state index contributed by atoms with van der Waals surface area (Å²) in [5.41, 5.74) is 3.08. The quantitative estimate of drug-likeness (QED) is 0.635. The molecule has 5 nitrogen and oxygen atoms in total. The van der Waals surface area contributed by atoms with Crippen molar-refractivity contribution < 1.29 is 14.4 Å². The van der Waals surface area contributed by atoms with Crippen molar-refractivity contribution in [2.75, 3.05) is 13.1 Å². The van der Waals surface area contributed by atoms with Gasteiger partial charge in [-0.25, -0.2) is 0 Å². The Morgan fingerprint density at radius 3 is 2.24 bits per heavy atom. The number of hydrogen-bond donors (Lipinski definition) is 1. The van der Waals surface area contributed by atoms with Crippen molar-refractivity contribution in [3.63, 3.8) is 0 Å². The second kappa shape index (κ2) is 7.00. The van der Waals surface area contributed by atoms with Gasteiger partial charge in [0.25, 0.3) is 5.91 Å². The number of hydrogen-bond acceptors (Lipinski definition) is 4. The van der Waals surface area contributed by atoms with E-state index < -0.39 is 5.41 Å². The van der Waals surface area contributed by atoms with E-state index in [1.165, 1.54) is 0 Å². The van der Waals surface area contributed by atoms with Crippen LogP contribution in [0.2, 0.25) is 0 Å². The molecule has 5 heteroatoms. The Bertz CT molecular complexity index is 1520. The van der Waals surface area contributed by atoms with Gasteiger partial charge < -0.3 is 10.2 Å². The zero-order valence-electron chi connectivity index (χ0n) is 19.4. The van der Waals surface area contributed by atoms with Crippen molar-refractivity contribution >= 4 is 33.9 Å². The van der Waals surface area contributed by atoms with Crippen LogP contribution in [0.4, 0.5) is 0 Å². The van der Waals surface area contributed by atoms with Crippen LogP contribution in [0.5, 0.6) is 0 Å². The predicted molar refractivity (Wildman–Crippen MR) is 131 cm³/mol. The Labute approximate surface area is 197 Å². The van der Waals surface area contributed by atoms with Crippen LogP contribution < -0.4 is 5.32 Å². The zero-order valence-corrected chi connectivity index (χ0v) is 19.4. The lowest BCUT2D eigenvalue weighted by Crippen LogP contribution is -2.49. The third kappa shape index (κ3) is 2.26. The van der Waals surface area contributed by atoms with Crippen LogP contribution >= 0.6 is 0 Å². The lowest BCUT2D eigenvalue weighted by atomic mass is 9.64.